The van der Waals surface area contributed by atoms with Gasteiger partial charge in [0.15, 0.2) is 0 Å². The Bertz CT molecular complexity index is 406. The zero-order valence-electron chi connectivity index (χ0n) is 10.9. The molecule has 0 radical (unpaired) electrons. The Morgan fingerprint density at radius 2 is 1.72 bits per heavy atom. The van der Waals surface area contributed by atoms with E-state index in [2.05, 4.69) is 16.0 Å². The fourth-order valence-corrected chi connectivity index (χ4v) is 1.57. The smallest absolute Gasteiger partial charge is 0.321 e. The Hall–Kier alpha value is -1.88. The molecule has 0 heterocycles. The Morgan fingerprint density at radius 1 is 1.11 bits per heavy atom. The van der Waals surface area contributed by atoms with Crippen LogP contribution in [0.15, 0.2) is 30.3 Å². The quantitative estimate of drug-likeness (QED) is 0.750. The summed E-state index contributed by atoms with van der Waals surface area (Å²) >= 11 is 0. The molecule has 0 aliphatic rings. The van der Waals surface area contributed by atoms with Gasteiger partial charge in [0, 0.05) is 13.1 Å². The summed E-state index contributed by atoms with van der Waals surface area (Å²) in [5, 5.41) is 7.71. The first-order valence-electron chi connectivity index (χ1n) is 5.88. The Labute approximate surface area is 107 Å². The molecule has 0 fully saturated rings. The van der Waals surface area contributed by atoms with E-state index in [0.717, 1.165) is 5.56 Å². The summed E-state index contributed by atoms with van der Waals surface area (Å²) in [5.74, 6) is -0.350. The van der Waals surface area contributed by atoms with E-state index >= 15 is 0 Å². The highest BCUT2D eigenvalue weighted by molar-refractivity contribution is 5.96. The van der Waals surface area contributed by atoms with E-state index < -0.39 is 12.1 Å². The molecule has 5 nitrogen and oxygen atoms in total. The van der Waals surface area contributed by atoms with Gasteiger partial charge in [0.05, 0.1) is 6.04 Å². The van der Waals surface area contributed by atoms with Gasteiger partial charge in [-0.3, -0.25) is 15.4 Å². The van der Waals surface area contributed by atoms with Crippen LogP contribution in [0.1, 0.15) is 25.5 Å². The molecule has 3 amide bonds. The molecule has 0 bridgehead atoms. The van der Waals surface area contributed by atoms with Crippen LogP contribution in [0.25, 0.3) is 0 Å². The average Bonchev–Trinajstić information content (AvgIpc) is 2.39. The maximum atomic E-state index is 11.6. The van der Waals surface area contributed by atoms with Gasteiger partial charge in [-0.15, -0.1) is 0 Å². The molecule has 0 aliphatic heterocycles. The van der Waals surface area contributed by atoms with Crippen LogP contribution in [0.4, 0.5) is 4.79 Å². The molecule has 0 saturated heterocycles. The second-order valence-electron chi connectivity index (χ2n) is 4.09. The minimum absolute atomic E-state index is 0.0386. The second-order valence-corrected chi connectivity index (χ2v) is 4.09. The van der Waals surface area contributed by atoms with Crippen molar-refractivity contribution in [2.75, 3.05) is 7.05 Å². The third-order valence-electron chi connectivity index (χ3n) is 2.66. The van der Waals surface area contributed by atoms with E-state index in [1.54, 1.807) is 6.92 Å². The summed E-state index contributed by atoms with van der Waals surface area (Å²) in [6.45, 7) is 3.69. The topological polar surface area (TPSA) is 70.2 Å². The van der Waals surface area contributed by atoms with E-state index in [4.69, 9.17) is 0 Å². The number of urea groups is 1. The number of nitrogens with one attached hydrogen (secondary N) is 3. The monoisotopic (exact) mass is 249 g/mol. The van der Waals surface area contributed by atoms with Gasteiger partial charge in [-0.05, 0) is 19.4 Å². The standard InChI is InChI=1S/C13H19N3O2/c1-9(11-7-5-4-6-8-11)15-10(2)12(17)16-13(18)14-3/h4-10,15H,1-3H3,(H2,14,16,17,18)/t9-,10-/m0/s1. The lowest BCUT2D eigenvalue weighted by atomic mass is 10.1. The van der Waals surface area contributed by atoms with Crippen molar-refractivity contribution in [1.82, 2.24) is 16.0 Å². The van der Waals surface area contributed by atoms with Gasteiger partial charge in [0.1, 0.15) is 0 Å². The first-order valence-corrected chi connectivity index (χ1v) is 5.88. The van der Waals surface area contributed by atoms with Crippen LogP contribution in [0.2, 0.25) is 0 Å². The first kappa shape index (κ1) is 14.2. The van der Waals surface area contributed by atoms with Crippen molar-refractivity contribution in [2.24, 2.45) is 0 Å². The van der Waals surface area contributed by atoms with E-state index in [1.165, 1.54) is 7.05 Å². The molecule has 3 N–H and O–H groups in total. The Kier molecular flexibility index (Phi) is 5.32. The summed E-state index contributed by atoms with van der Waals surface area (Å²) in [7, 11) is 1.47. The highest BCUT2D eigenvalue weighted by Crippen LogP contribution is 2.11. The predicted octanol–water partition coefficient (Wildman–Crippen LogP) is 1.18. The molecule has 2 atom stereocenters. The fourth-order valence-electron chi connectivity index (χ4n) is 1.57. The van der Waals surface area contributed by atoms with Crippen LogP contribution in [0, 0.1) is 0 Å². The van der Waals surface area contributed by atoms with Crippen molar-refractivity contribution in [2.45, 2.75) is 25.9 Å². The molecule has 0 unspecified atom stereocenters. The molecular formula is C13H19N3O2. The summed E-state index contributed by atoms with van der Waals surface area (Å²) in [6.07, 6.45) is 0. The number of rotatable bonds is 4. The summed E-state index contributed by atoms with van der Waals surface area (Å²) in [5.41, 5.74) is 1.09. The lowest BCUT2D eigenvalue weighted by Gasteiger charge is -2.19. The van der Waals surface area contributed by atoms with E-state index in [-0.39, 0.29) is 11.9 Å². The summed E-state index contributed by atoms with van der Waals surface area (Å²) < 4.78 is 0. The highest BCUT2D eigenvalue weighted by Gasteiger charge is 2.17. The van der Waals surface area contributed by atoms with Crippen molar-refractivity contribution < 1.29 is 9.59 Å². The van der Waals surface area contributed by atoms with Crippen LogP contribution in [0.5, 0.6) is 0 Å². The normalized spacial score (nSPS) is 13.5. The molecule has 5 heteroatoms. The molecule has 1 aromatic carbocycles. The van der Waals surface area contributed by atoms with Crippen LogP contribution >= 0.6 is 0 Å². The third kappa shape index (κ3) is 4.18. The van der Waals surface area contributed by atoms with Gasteiger partial charge in [0.25, 0.3) is 0 Å². The Morgan fingerprint density at radius 3 is 2.28 bits per heavy atom. The van der Waals surface area contributed by atoms with Crippen molar-refractivity contribution >= 4 is 11.9 Å². The van der Waals surface area contributed by atoms with Gasteiger partial charge in [-0.2, -0.15) is 0 Å². The summed E-state index contributed by atoms with van der Waals surface area (Å²) in [4.78, 5) is 22.7. The lowest BCUT2D eigenvalue weighted by molar-refractivity contribution is -0.121. The molecule has 0 saturated carbocycles. The van der Waals surface area contributed by atoms with Crippen molar-refractivity contribution in [1.29, 1.82) is 0 Å². The Balaban J connectivity index is 2.52. The molecule has 98 valence electrons. The molecule has 18 heavy (non-hydrogen) atoms. The predicted molar refractivity (Wildman–Crippen MR) is 70.1 cm³/mol. The van der Waals surface area contributed by atoms with Crippen molar-refractivity contribution in [3.63, 3.8) is 0 Å². The van der Waals surface area contributed by atoms with Gasteiger partial charge in [0.2, 0.25) is 5.91 Å². The molecule has 1 aromatic rings. The van der Waals surface area contributed by atoms with E-state index in [9.17, 15) is 9.59 Å². The summed E-state index contributed by atoms with van der Waals surface area (Å²) in [6, 6.07) is 8.90. The molecule has 0 aromatic heterocycles. The number of amides is 3. The first-order chi connectivity index (χ1) is 8.54. The maximum absolute atomic E-state index is 11.6. The van der Waals surface area contributed by atoms with Crippen molar-refractivity contribution in [3.8, 4) is 0 Å². The van der Waals surface area contributed by atoms with Gasteiger partial charge in [-0.1, -0.05) is 30.3 Å². The molecule has 0 aliphatic carbocycles. The molecular weight excluding hydrogens is 230 g/mol. The number of hydrogen-bond donors (Lipinski definition) is 3. The number of carbonyl (C=O) groups is 2. The second kappa shape index (κ2) is 6.76. The van der Waals surface area contributed by atoms with Crippen LogP contribution in [0.3, 0.4) is 0 Å². The fraction of sp³-hybridized carbons (Fsp3) is 0.385. The highest BCUT2D eigenvalue weighted by atomic mass is 16.2. The third-order valence-corrected chi connectivity index (χ3v) is 2.66. The number of hydrogen-bond acceptors (Lipinski definition) is 3. The largest absolute Gasteiger partial charge is 0.341 e. The minimum Gasteiger partial charge on any atom is -0.341 e. The van der Waals surface area contributed by atoms with Crippen LogP contribution in [-0.4, -0.2) is 25.0 Å². The minimum atomic E-state index is -0.499. The lowest BCUT2D eigenvalue weighted by Crippen LogP contribution is -2.47. The van der Waals surface area contributed by atoms with E-state index in [0.29, 0.717) is 0 Å². The number of carbonyl (C=O) groups excluding carboxylic acids is 2. The average molecular weight is 249 g/mol. The SMILES string of the molecule is CNC(=O)NC(=O)[C@H](C)N[C@@H](C)c1ccccc1. The van der Waals surface area contributed by atoms with Crippen molar-refractivity contribution in [3.05, 3.63) is 35.9 Å². The van der Waals surface area contributed by atoms with Gasteiger partial charge < -0.3 is 5.32 Å². The van der Waals surface area contributed by atoms with Gasteiger partial charge >= 0.3 is 6.03 Å². The number of benzene rings is 1. The zero-order chi connectivity index (χ0) is 13.5. The zero-order valence-corrected chi connectivity index (χ0v) is 10.9. The number of imide groups is 1. The molecule has 1 rings (SSSR count). The maximum Gasteiger partial charge on any atom is 0.321 e. The van der Waals surface area contributed by atoms with Gasteiger partial charge in [-0.25, -0.2) is 4.79 Å². The molecule has 0 spiro atoms. The van der Waals surface area contributed by atoms with E-state index in [1.807, 2.05) is 37.3 Å². The van der Waals surface area contributed by atoms with Crippen LogP contribution in [-0.2, 0) is 4.79 Å². The van der Waals surface area contributed by atoms with Crippen LogP contribution < -0.4 is 16.0 Å².